The summed E-state index contributed by atoms with van der Waals surface area (Å²) in [6, 6.07) is 18.2. The van der Waals surface area contributed by atoms with Crippen LogP contribution in [0.2, 0.25) is 0 Å². The van der Waals surface area contributed by atoms with Crippen molar-refractivity contribution in [2.24, 2.45) is 0 Å². The molecule has 5 heteroatoms. The molecular weight excluding hydrogens is 338 g/mol. The highest BCUT2D eigenvalue weighted by atomic mass is 16.5. The molecule has 2 aromatic heterocycles. The third-order valence-electron chi connectivity index (χ3n) is 4.59. The monoisotopic (exact) mass is 357 g/mol. The van der Waals surface area contributed by atoms with Gasteiger partial charge in [0.25, 0.3) is 0 Å². The maximum absolute atomic E-state index is 9.21. The van der Waals surface area contributed by atoms with Crippen LogP contribution in [0.5, 0.6) is 5.88 Å². The van der Waals surface area contributed by atoms with Crippen molar-refractivity contribution in [1.82, 2.24) is 9.97 Å². The summed E-state index contributed by atoms with van der Waals surface area (Å²) in [5, 5.41) is 11.5. The molecule has 0 unspecified atom stereocenters. The molecule has 0 bridgehead atoms. The summed E-state index contributed by atoms with van der Waals surface area (Å²) in [5.41, 5.74) is 11.2. The van der Waals surface area contributed by atoms with Crippen molar-refractivity contribution in [2.45, 2.75) is 6.61 Å². The van der Waals surface area contributed by atoms with Gasteiger partial charge in [0.15, 0.2) is 0 Å². The molecular formula is C22H19N3O2. The van der Waals surface area contributed by atoms with E-state index in [1.165, 1.54) is 0 Å². The normalized spacial score (nSPS) is 10.9. The Labute approximate surface area is 157 Å². The minimum Gasteiger partial charge on any atom is -0.480 e. The summed E-state index contributed by atoms with van der Waals surface area (Å²) in [5.74, 6) is 0.426. The van der Waals surface area contributed by atoms with Crippen LogP contribution in [0.15, 0.2) is 67.0 Å². The molecule has 4 aromatic rings. The lowest BCUT2D eigenvalue weighted by Gasteiger charge is -2.11. The van der Waals surface area contributed by atoms with Crippen LogP contribution in [0, 0.1) is 0 Å². The second kappa shape index (κ2) is 7.05. The number of fused-ring (bicyclic) bond motifs is 1. The molecule has 0 saturated heterocycles. The lowest BCUT2D eigenvalue weighted by molar-refractivity contribution is 0.277. The molecule has 0 saturated carbocycles. The summed E-state index contributed by atoms with van der Waals surface area (Å²) in [6.45, 7) is -0.0636. The first-order chi connectivity index (χ1) is 13.2. The molecule has 0 aliphatic rings. The van der Waals surface area contributed by atoms with Gasteiger partial charge in [-0.05, 0) is 40.1 Å². The summed E-state index contributed by atoms with van der Waals surface area (Å²) >= 11 is 0. The number of rotatable bonds is 4. The van der Waals surface area contributed by atoms with Gasteiger partial charge in [-0.1, -0.05) is 36.4 Å². The predicted octanol–water partition coefficient (Wildman–Crippen LogP) is 4.05. The van der Waals surface area contributed by atoms with Crippen molar-refractivity contribution >= 4 is 16.5 Å². The summed E-state index contributed by atoms with van der Waals surface area (Å²) < 4.78 is 5.14. The van der Waals surface area contributed by atoms with Gasteiger partial charge in [0.2, 0.25) is 5.88 Å². The van der Waals surface area contributed by atoms with E-state index in [9.17, 15) is 5.11 Å². The van der Waals surface area contributed by atoms with Crippen molar-refractivity contribution in [2.75, 3.05) is 12.8 Å². The quantitative estimate of drug-likeness (QED) is 0.576. The van der Waals surface area contributed by atoms with E-state index >= 15 is 0 Å². The largest absolute Gasteiger partial charge is 0.480 e. The fourth-order valence-corrected chi connectivity index (χ4v) is 3.18. The van der Waals surface area contributed by atoms with Gasteiger partial charge < -0.3 is 15.6 Å². The van der Waals surface area contributed by atoms with E-state index in [4.69, 9.17) is 10.5 Å². The number of nitrogens with two attached hydrogens (primary N) is 1. The lowest BCUT2D eigenvalue weighted by atomic mass is 9.96. The third kappa shape index (κ3) is 3.20. The van der Waals surface area contributed by atoms with Crippen LogP contribution in [0.1, 0.15) is 5.69 Å². The standard InChI is InChI=1S/C22H19N3O2/c1-27-22-21(23)10-17(12-25-22)15-6-5-14-3-2-4-19(20(14)9-15)16-7-8-18(13-26)24-11-16/h2-12,26H,13,23H2,1H3. The predicted molar refractivity (Wildman–Crippen MR) is 107 cm³/mol. The molecule has 2 aromatic carbocycles. The Morgan fingerprint density at radius 1 is 0.926 bits per heavy atom. The Hall–Kier alpha value is -3.44. The van der Waals surface area contributed by atoms with Crippen molar-refractivity contribution < 1.29 is 9.84 Å². The van der Waals surface area contributed by atoms with Gasteiger partial charge in [-0.25, -0.2) is 4.98 Å². The van der Waals surface area contributed by atoms with E-state index < -0.39 is 0 Å². The van der Waals surface area contributed by atoms with E-state index in [0.29, 0.717) is 17.3 Å². The molecule has 0 aliphatic carbocycles. The highest BCUT2D eigenvalue weighted by Gasteiger charge is 2.09. The topological polar surface area (TPSA) is 81.3 Å². The Morgan fingerprint density at radius 2 is 1.74 bits per heavy atom. The molecule has 0 aliphatic heterocycles. The molecule has 0 atom stereocenters. The average Bonchev–Trinajstić information content (AvgIpc) is 2.73. The van der Waals surface area contributed by atoms with Gasteiger partial charge in [0.05, 0.1) is 25.1 Å². The van der Waals surface area contributed by atoms with E-state index in [0.717, 1.165) is 33.0 Å². The number of hydrogen-bond donors (Lipinski definition) is 2. The van der Waals surface area contributed by atoms with Gasteiger partial charge >= 0.3 is 0 Å². The number of aliphatic hydroxyl groups excluding tert-OH is 1. The molecule has 3 N–H and O–H groups in total. The van der Waals surface area contributed by atoms with Gasteiger partial charge in [-0.15, -0.1) is 0 Å². The van der Waals surface area contributed by atoms with Crippen LogP contribution in [0.25, 0.3) is 33.0 Å². The SMILES string of the molecule is COc1ncc(-c2ccc3cccc(-c4ccc(CO)nc4)c3c2)cc1N. The van der Waals surface area contributed by atoms with Crippen molar-refractivity contribution in [3.63, 3.8) is 0 Å². The van der Waals surface area contributed by atoms with E-state index in [1.54, 1.807) is 19.5 Å². The fraction of sp³-hybridized carbons (Fsp3) is 0.0909. The van der Waals surface area contributed by atoms with Crippen molar-refractivity contribution in [3.8, 4) is 28.1 Å². The number of pyridine rings is 2. The van der Waals surface area contributed by atoms with Gasteiger partial charge in [0.1, 0.15) is 0 Å². The van der Waals surface area contributed by atoms with E-state index in [2.05, 4.69) is 40.3 Å². The number of aromatic nitrogens is 2. The second-order valence-electron chi connectivity index (χ2n) is 6.26. The minimum absolute atomic E-state index is 0.0636. The first-order valence-corrected chi connectivity index (χ1v) is 8.58. The van der Waals surface area contributed by atoms with Crippen LogP contribution in [0.3, 0.4) is 0 Å². The molecule has 0 amide bonds. The van der Waals surface area contributed by atoms with Crippen LogP contribution < -0.4 is 10.5 Å². The zero-order valence-corrected chi connectivity index (χ0v) is 14.9. The number of hydrogen-bond acceptors (Lipinski definition) is 5. The highest BCUT2D eigenvalue weighted by molar-refractivity contribution is 5.99. The Kier molecular flexibility index (Phi) is 4.44. The van der Waals surface area contributed by atoms with Crippen LogP contribution >= 0.6 is 0 Å². The number of methoxy groups -OCH3 is 1. The zero-order chi connectivity index (χ0) is 18.8. The molecule has 0 spiro atoms. The minimum atomic E-state index is -0.0636. The van der Waals surface area contributed by atoms with Crippen molar-refractivity contribution in [3.05, 3.63) is 72.7 Å². The maximum atomic E-state index is 9.21. The first-order valence-electron chi connectivity index (χ1n) is 8.58. The average molecular weight is 357 g/mol. The molecule has 4 rings (SSSR count). The number of aliphatic hydroxyl groups is 1. The summed E-state index contributed by atoms with van der Waals surface area (Å²) in [7, 11) is 1.55. The number of ether oxygens (including phenoxy) is 1. The smallest absolute Gasteiger partial charge is 0.236 e. The zero-order valence-electron chi connectivity index (χ0n) is 14.9. The van der Waals surface area contributed by atoms with Crippen LogP contribution in [-0.4, -0.2) is 22.2 Å². The van der Waals surface area contributed by atoms with Crippen LogP contribution in [-0.2, 0) is 6.61 Å². The molecule has 0 fully saturated rings. The number of nitrogen functional groups attached to an aromatic ring is 1. The molecule has 27 heavy (non-hydrogen) atoms. The van der Waals surface area contributed by atoms with Gasteiger partial charge in [-0.2, -0.15) is 0 Å². The first kappa shape index (κ1) is 17.0. The molecule has 0 radical (unpaired) electrons. The fourth-order valence-electron chi connectivity index (χ4n) is 3.18. The Balaban J connectivity index is 1.84. The van der Waals surface area contributed by atoms with Crippen LogP contribution in [0.4, 0.5) is 5.69 Å². The lowest BCUT2D eigenvalue weighted by Crippen LogP contribution is -1.95. The molecule has 134 valence electrons. The van der Waals surface area contributed by atoms with Gasteiger partial charge in [-0.3, -0.25) is 4.98 Å². The van der Waals surface area contributed by atoms with E-state index in [1.807, 2.05) is 24.3 Å². The summed E-state index contributed by atoms with van der Waals surface area (Å²) in [6.07, 6.45) is 3.55. The third-order valence-corrected chi connectivity index (χ3v) is 4.59. The summed E-state index contributed by atoms with van der Waals surface area (Å²) in [4.78, 5) is 8.57. The maximum Gasteiger partial charge on any atom is 0.236 e. The van der Waals surface area contributed by atoms with Crippen molar-refractivity contribution in [1.29, 1.82) is 0 Å². The Morgan fingerprint density at radius 3 is 2.44 bits per heavy atom. The number of benzene rings is 2. The van der Waals surface area contributed by atoms with E-state index in [-0.39, 0.29) is 6.61 Å². The molecule has 5 nitrogen and oxygen atoms in total. The second-order valence-corrected chi connectivity index (χ2v) is 6.26. The number of anilines is 1. The molecule has 2 heterocycles. The Bertz CT molecular complexity index is 1110. The highest BCUT2D eigenvalue weighted by Crippen LogP contribution is 2.33. The number of nitrogens with zero attached hydrogens (tertiary/aromatic N) is 2. The van der Waals surface area contributed by atoms with Gasteiger partial charge in [0, 0.05) is 23.5 Å².